The lowest BCUT2D eigenvalue weighted by molar-refractivity contribution is 0.0342. The minimum atomic E-state index is 0.476. The monoisotopic (exact) mass is 325 g/mol. The Morgan fingerprint density at radius 3 is 2.86 bits per heavy atom. The van der Waals surface area contributed by atoms with Crippen LogP contribution in [0.25, 0.3) is 0 Å². The first kappa shape index (κ1) is 14.6. The summed E-state index contributed by atoms with van der Waals surface area (Å²) in [7, 11) is 0. The molecule has 3 rings (SSSR count). The molecule has 1 aliphatic heterocycles. The first-order chi connectivity index (χ1) is 10.2. The van der Waals surface area contributed by atoms with Crippen molar-refractivity contribution in [1.29, 1.82) is 0 Å². The summed E-state index contributed by atoms with van der Waals surface area (Å²) in [6.07, 6.45) is 0. The number of nitrogens with zero attached hydrogens (tertiary/aromatic N) is 4. The van der Waals surface area contributed by atoms with Crippen LogP contribution in [0, 0.1) is 6.92 Å². The maximum atomic E-state index is 6.11. The first-order valence-electron chi connectivity index (χ1n) is 6.73. The van der Waals surface area contributed by atoms with E-state index in [0.29, 0.717) is 11.0 Å². The van der Waals surface area contributed by atoms with Crippen LogP contribution in [0.5, 0.6) is 0 Å². The number of ether oxygens (including phenoxy) is 1. The molecule has 0 aromatic carbocycles. The van der Waals surface area contributed by atoms with E-state index in [1.165, 1.54) is 11.3 Å². The Morgan fingerprint density at radius 1 is 1.33 bits per heavy atom. The number of morpholine rings is 1. The maximum absolute atomic E-state index is 6.11. The fourth-order valence-corrected chi connectivity index (χ4v) is 3.01. The zero-order valence-corrected chi connectivity index (χ0v) is 13.2. The molecule has 1 fully saturated rings. The van der Waals surface area contributed by atoms with E-state index in [9.17, 15) is 0 Å². The van der Waals surface area contributed by atoms with Crippen molar-refractivity contribution in [2.45, 2.75) is 13.5 Å². The van der Waals surface area contributed by atoms with Crippen molar-refractivity contribution in [3.8, 4) is 0 Å². The molecule has 0 amide bonds. The van der Waals surface area contributed by atoms with E-state index in [4.69, 9.17) is 16.3 Å². The molecule has 1 aliphatic rings. The van der Waals surface area contributed by atoms with Crippen LogP contribution >= 0.6 is 22.9 Å². The van der Waals surface area contributed by atoms with Gasteiger partial charge in [-0.15, -0.1) is 10.2 Å². The number of aromatic nitrogens is 3. The summed E-state index contributed by atoms with van der Waals surface area (Å²) in [6.45, 7) is 6.21. The van der Waals surface area contributed by atoms with Crippen molar-refractivity contribution in [2.24, 2.45) is 0 Å². The molecule has 0 atom stereocenters. The Labute approximate surface area is 132 Å². The predicted molar refractivity (Wildman–Crippen MR) is 83.3 cm³/mol. The lowest BCUT2D eigenvalue weighted by Crippen LogP contribution is -2.35. The Hall–Kier alpha value is -1.28. The molecule has 0 spiro atoms. The molecular weight excluding hydrogens is 310 g/mol. The number of aryl methyl sites for hydroxylation is 1. The molecule has 1 N–H and O–H groups in total. The van der Waals surface area contributed by atoms with Gasteiger partial charge in [0.15, 0.2) is 0 Å². The van der Waals surface area contributed by atoms with Crippen LogP contribution in [0.4, 0.5) is 10.9 Å². The van der Waals surface area contributed by atoms with Gasteiger partial charge in [-0.25, -0.2) is 4.98 Å². The van der Waals surface area contributed by atoms with Gasteiger partial charge in [0.05, 0.1) is 13.2 Å². The molecule has 0 aliphatic carbocycles. The standard InChI is InChI=1S/C13H16ClN5OS/c1-9-17-18-13(21-9)16-12-7-10(6-11(14)15-12)8-19-2-4-20-5-3-19/h6-7H,2-5,8H2,1H3,(H,15,16,18). The fraction of sp³-hybridized carbons (Fsp3) is 0.462. The highest BCUT2D eigenvalue weighted by Crippen LogP contribution is 2.22. The number of rotatable bonds is 4. The molecule has 0 radical (unpaired) electrons. The summed E-state index contributed by atoms with van der Waals surface area (Å²) in [6, 6.07) is 3.89. The van der Waals surface area contributed by atoms with Crippen molar-refractivity contribution in [3.63, 3.8) is 0 Å². The summed E-state index contributed by atoms with van der Waals surface area (Å²) in [5.74, 6) is 0.696. The van der Waals surface area contributed by atoms with Gasteiger partial charge in [-0.05, 0) is 24.6 Å². The van der Waals surface area contributed by atoms with Gasteiger partial charge in [0.2, 0.25) is 5.13 Å². The lowest BCUT2D eigenvalue weighted by Gasteiger charge is -2.26. The molecule has 8 heteroatoms. The summed E-state index contributed by atoms with van der Waals surface area (Å²) in [5.41, 5.74) is 1.13. The van der Waals surface area contributed by atoms with E-state index in [1.54, 1.807) is 0 Å². The van der Waals surface area contributed by atoms with Gasteiger partial charge in [0.25, 0.3) is 0 Å². The van der Waals surface area contributed by atoms with Gasteiger partial charge in [0.1, 0.15) is 16.0 Å². The van der Waals surface area contributed by atoms with Gasteiger partial charge >= 0.3 is 0 Å². The van der Waals surface area contributed by atoms with Crippen LogP contribution in [0.3, 0.4) is 0 Å². The van der Waals surface area contributed by atoms with E-state index in [2.05, 4.69) is 25.4 Å². The third kappa shape index (κ3) is 4.10. The average molecular weight is 326 g/mol. The Kier molecular flexibility index (Phi) is 4.64. The van der Waals surface area contributed by atoms with Crippen LogP contribution in [-0.2, 0) is 11.3 Å². The number of halogens is 1. The van der Waals surface area contributed by atoms with Crippen LogP contribution in [-0.4, -0.2) is 46.4 Å². The number of hydrogen-bond donors (Lipinski definition) is 1. The van der Waals surface area contributed by atoms with Crippen molar-refractivity contribution in [2.75, 3.05) is 31.6 Å². The van der Waals surface area contributed by atoms with E-state index < -0.39 is 0 Å². The summed E-state index contributed by atoms with van der Waals surface area (Å²) in [5, 5.41) is 13.3. The van der Waals surface area contributed by atoms with Gasteiger partial charge in [-0.3, -0.25) is 4.90 Å². The third-order valence-corrected chi connectivity index (χ3v) is 4.07. The maximum Gasteiger partial charge on any atom is 0.211 e. The Morgan fingerprint density at radius 2 is 2.14 bits per heavy atom. The van der Waals surface area contributed by atoms with E-state index in [0.717, 1.165) is 48.6 Å². The topological polar surface area (TPSA) is 63.2 Å². The smallest absolute Gasteiger partial charge is 0.211 e. The van der Waals surface area contributed by atoms with E-state index in [-0.39, 0.29) is 0 Å². The first-order valence-corrected chi connectivity index (χ1v) is 7.92. The second-order valence-corrected chi connectivity index (χ2v) is 6.39. The van der Waals surface area contributed by atoms with Crippen molar-refractivity contribution in [1.82, 2.24) is 20.1 Å². The third-order valence-electron chi connectivity index (χ3n) is 3.12. The summed E-state index contributed by atoms with van der Waals surface area (Å²) < 4.78 is 5.36. The van der Waals surface area contributed by atoms with Crippen molar-refractivity contribution in [3.05, 3.63) is 27.9 Å². The molecule has 0 saturated carbocycles. The zero-order valence-electron chi connectivity index (χ0n) is 11.7. The minimum Gasteiger partial charge on any atom is -0.379 e. The highest BCUT2D eigenvalue weighted by atomic mass is 35.5. The molecule has 0 bridgehead atoms. The Balaban J connectivity index is 1.72. The summed E-state index contributed by atoms with van der Waals surface area (Å²) in [4.78, 5) is 6.62. The van der Waals surface area contributed by atoms with Crippen LogP contribution in [0.1, 0.15) is 10.6 Å². The van der Waals surface area contributed by atoms with E-state index in [1.807, 2.05) is 19.1 Å². The van der Waals surface area contributed by atoms with Crippen molar-refractivity contribution >= 4 is 33.9 Å². The van der Waals surface area contributed by atoms with Gasteiger partial charge < -0.3 is 10.1 Å². The molecule has 0 unspecified atom stereocenters. The highest BCUT2D eigenvalue weighted by molar-refractivity contribution is 7.15. The molecule has 3 heterocycles. The number of anilines is 2. The van der Waals surface area contributed by atoms with Crippen LogP contribution < -0.4 is 5.32 Å². The molecular formula is C13H16ClN5OS. The molecule has 21 heavy (non-hydrogen) atoms. The summed E-state index contributed by atoms with van der Waals surface area (Å²) >= 11 is 7.60. The largest absolute Gasteiger partial charge is 0.379 e. The second-order valence-electron chi connectivity index (χ2n) is 4.82. The Bertz CT molecular complexity index is 614. The molecule has 2 aromatic heterocycles. The normalized spacial score (nSPS) is 16.1. The average Bonchev–Trinajstić information content (AvgIpc) is 2.84. The fourth-order valence-electron chi connectivity index (χ4n) is 2.18. The van der Waals surface area contributed by atoms with Gasteiger partial charge in [-0.1, -0.05) is 22.9 Å². The molecule has 2 aromatic rings. The minimum absolute atomic E-state index is 0.476. The lowest BCUT2D eigenvalue weighted by atomic mass is 10.2. The second kappa shape index (κ2) is 6.65. The van der Waals surface area contributed by atoms with Crippen molar-refractivity contribution < 1.29 is 4.74 Å². The zero-order chi connectivity index (χ0) is 14.7. The van der Waals surface area contributed by atoms with Gasteiger partial charge in [0, 0.05) is 19.6 Å². The van der Waals surface area contributed by atoms with Crippen LogP contribution in [0.2, 0.25) is 5.15 Å². The molecule has 1 saturated heterocycles. The molecule has 112 valence electrons. The molecule has 6 nitrogen and oxygen atoms in total. The van der Waals surface area contributed by atoms with Crippen LogP contribution in [0.15, 0.2) is 12.1 Å². The number of pyridine rings is 1. The predicted octanol–water partition coefficient (Wildman–Crippen LogP) is 2.47. The van der Waals surface area contributed by atoms with Gasteiger partial charge in [-0.2, -0.15) is 0 Å². The quantitative estimate of drug-likeness (QED) is 0.871. The SMILES string of the molecule is Cc1nnc(Nc2cc(CN3CCOCC3)cc(Cl)n2)s1. The number of nitrogens with one attached hydrogen (secondary N) is 1. The van der Waals surface area contributed by atoms with E-state index >= 15 is 0 Å². The highest BCUT2D eigenvalue weighted by Gasteiger charge is 2.12. The number of hydrogen-bond acceptors (Lipinski definition) is 7.